The molecule has 3 rings (SSSR count). The van der Waals surface area contributed by atoms with Crippen LogP contribution in [-0.2, 0) is 17.1 Å². The lowest BCUT2D eigenvalue weighted by Gasteiger charge is -2.37. The molecule has 0 spiro atoms. The third-order valence-electron chi connectivity index (χ3n) is 4.22. The van der Waals surface area contributed by atoms with E-state index in [1.807, 2.05) is 6.07 Å². The summed E-state index contributed by atoms with van der Waals surface area (Å²) in [5.41, 5.74) is 1.00. The molecule has 1 fully saturated rings. The Morgan fingerprint density at radius 1 is 1.20 bits per heavy atom. The van der Waals surface area contributed by atoms with Gasteiger partial charge in [0, 0.05) is 18.8 Å². The molecule has 2 aromatic rings. The van der Waals surface area contributed by atoms with E-state index < -0.39 is 10.0 Å². The van der Waals surface area contributed by atoms with Gasteiger partial charge in [0.2, 0.25) is 10.0 Å². The normalized spacial score (nSPS) is 15.4. The fourth-order valence-corrected chi connectivity index (χ4v) is 4.02. The Bertz CT molecular complexity index is 998. The third-order valence-corrected chi connectivity index (χ3v) is 6.06. The van der Waals surface area contributed by atoms with E-state index in [0.717, 1.165) is 5.69 Å². The molecule has 2 heterocycles. The van der Waals surface area contributed by atoms with Gasteiger partial charge >= 0.3 is 0 Å². The predicted octanol–water partition coefficient (Wildman–Crippen LogP) is 1.02. The number of benzene rings is 1. The van der Waals surface area contributed by atoms with E-state index in [1.165, 1.54) is 39.2 Å². The maximum absolute atomic E-state index is 12.5. The van der Waals surface area contributed by atoms with Crippen LogP contribution < -0.4 is 10.3 Å². The quantitative estimate of drug-likeness (QED) is 0.812. The van der Waals surface area contributed by atoms with Crippen molar-refractivity contribution in [2.75, 3.05) is 13.1 Å². The van der Waals surface area contributed by atoms with Crippen LogP contribution in [0, 0.1) is 18.3 Å². The number of sulfonamides is 1. The Balaban J connectivity index is 1.67. The second-order valence-electron chi connectivity index (χ2n) is 5.93. The molecule has 1 aromatic carbocycles. The van der Waals surface area contributed by atoms with E-state index in [0.29, 0.717) is 11.3 Å². The lowest BCUT2D eigenvalue weighted by molar-refractivity contribution is 0.0759. The molecule has 0 unspecified atom stereocenters. The number of aromatic nitrogens is 1. The van der Waals surface area contributed by atoms with Crippen LogP contribution in [0.15, 0.2) is 46.1 Å². The van der Waals surface area contributed by atoms with Crippen LogP contribution in [0.25, 0.3) is 0 Å². The first kappa shape index (κ1) is 17.2. The summed E-state index contributed by atoms with van der Waals surface area (Å²) in [4.78, 5) is 11.9. The van der Waals surface area contributed by atoms with Crippen LogP contribution in [0.3, 0.4) is 0 Å². The van der Waals surface area contributed by atoms with Gasteiger partial charge in [0.15, 0.2) is 0 Å². The summed E-state index contributed by atoms with van der Waals surface area (Å²) in [5.74, 6) is 0.445. The van der Waals surface area contributed by atoms with Crippen molar-refractivity contribution in [3.63, 3.8) is 0 Å². The molecule has 0 radical (unpaired) electrons. The smallest absolute Gasteiger partial charge is 0.254 e. The van der Waals surface area contributed by atoms with Crippen molar-refractivity contribution in [2.24, 2.45) is 7.05 Å². The van der Waals surface area contributed by atoms with Gasteiger partial charge in [-0.1, -0.05) is 0 Å². The third kappa shape index (κ3) is 3.29. The number of pyridine rings is 1. The van der Waals surface area contributed by atoms with Gasteiger partial charge in [-0.15, -0.1) is 0 Å². The molecule has 1 aliphatic heterocycles. The molecule has 7 nitrogen and oxygen atoms in total. The SMILES string of the molecule is Cc1cc(OC2CN(S(=O)(=O)c3ccc(C#N)cc3)C2)cc(=O)n1C. The number of nitrogens with zero attached hydrogens (tertiary/aromatic N) is 3. The maximum atomic E-state index is 12.5. The monoisotopic (exact) mass is 359 g/mol. The average molecular weight is 359 g/mol. The Morgan fingerprint density at radius 3 is 2.40 bits per heavy atom. The minimum Gasteiger partial charge on any atom is -0.487 e. The first-order valence-electron chi connectivity index (χ1n) is 7.66. The second kappa shape index (κ2) is 6.35. The van der Waals surface area contributed by atoms with Crippen molar-refractivity contribution in [1.29, 1.82) is 5.26 Å². The van der Waals surface area contributed by atoms with Crippen molar-refractivity contribution >= 4 is 10.0 Å². The van der Waals surface area contributed by atoms with Gasteiger partial charge in [-0.05, 0) is 37.3 Å². The first-order chi connectivity index (χ1) is 11.8. The summed E-state index contributed by atoms with van der Waals surface area (Å²) in [6, 6.07) is 10.9. The molecule has 8 heteroatoms. The Hall–Kier alpha value is -2.63. The van der Waals surface area contributed by atoms with Gasteiger partial charge in [-0.2, -0.15) is 9.57 Å². The Morgan fingerprint density at radius 2 is 1.84 bits per heavy atom. The van der Waals surface area contributed by atoms with E-state index in [2.05, 4.69) is 0 Å². The predicted molar refractivity (Wildman–Crippen MR) is 90.8 cm³/mol. The van der Waals surface area contributed by atoms with Crippen LogP contribution in [0.4, 0.5) is 0 Å². The molecule has 130 valence electrons. The lowest BCUT2D eigenvalue weighted by atomic mass is 10.2. The molecule has 1 aliphatic rings. The summed E-state index contributed by atoms with van der Waals surface area (Å²) >= 11 is 0. The molecule has 1 aromatic heterocycles. The zero-order valence-corrected chi connectivity index (χ0v) is 14.7. The van der Waals surface area contributed by atoms with Crippen molar-refractivity contribution in [2.45, 2.75) is 17.9 Å². The van der Waals surface area contributed by atoms with E-state index in [9.17, 15) is 13.2 Å². The number of nitriles is 1. The summed E-state index contributed by atoms with van der Waals surface area (Å²) < 4.78 is 33.5. The van der Waals surface area contributed by atoms with Crippen LogP contribution >= 0.6 is 0 Å². The molecule has 0 bridgehead atoms. The molecule has 0 atom stereocenters. The number of aryl methyl sites for hydroxylation is 1. The van der Waals surface area contributed by atoms with Crippen molar-refractivity contribution in [3.05, 3.63) is 58.0 Å². The van der Waals surface area contributed by atoms with Gasteiger partial charge in [-0.3, -0.25) is 4.79 Å². The lowest BCUT2D eigenvalue weighted by Crippen LogP contribution is -2.56. The first-order valence-corrected chi connectivity index (χ1v) is 9.10. The van der Waals surface area contributed by atoms with Crippen molar-refractivity contribution in [3.8, 4) is 11.8 Å². The van der Waals surface area contributed by atoms with Crippen molar-refractivity contribution in [1.82, 2.24) is 8.87 Å². The van der Waals surface area contributed by atoms with Crippen LogP contribution in [-0.4, -0.2) is 36.5 Å². The fraction of sp³-hybridized carbons (Fsp3) is 0.294. The minimum absolute atomic E-state index is 0.148. The number of hydrogen-bond acceptors (Lipinski definition) is 5. The molecular formula is C17H17N3O4S. The summed E-state index contributed by atoms with van der Waals surface area (Å²) in [7, 11) is -1.92. The van der Waals surface area contributed by atoms with Crippen molar-refractivity contribution < 1.29 is 13.2 Å². The highest BCUT2D eigenvalue weighted by Crippen LogP contribution is 2.24. The highest BCUT2D eigenvalue weighted by molar-refractivity contribution is 7.89. The number of hydrogen-bond donors (Lipinski definition) is 0. The largest absolute Gasteiger partial charge is 0.487 e. The molecule has 1 saturated heterocycles. The van der Waals surface area contributed by atoms with Crippen LogP contribution in [0.2, 0.25) is 0 Å². The molecular weight excluding hydrogens is 342 g/mol. The standard InChI is InChI=1S/C17H17N3O4S/c1-12-7-14(8-17(21)19(12)2)24-15-10-20(11-15)25(22,23)16-5-3-13(9-18)4-6-16/h3-8,15H,10-11H2,1-2H3. The Labute approximate surface area is 145 Å². The zero-order chi connectivity index (χ0) is 18.2. The molecule has 0 amide bonds. The van der Waals surface area contributed by atoms with E-state index >= 15 is 0 Å². The van der Waals surface area contributed by atoms with Crippen LogP contribution in [0.5, 0.6) is 5.75 Å². The zero-order valence-electron chi connectivity index (χ0n) is 13.8. The van der Waals surface area contributed by atoms with Crippen LogP contribution in [0.1, 0.15) is 11.3 Å². The maximum Gasteiger partial charge on any atom is 0.254 e. The minimum atomic E-state index is -3.60. The highest BCUT2D eigenvalue weighted by Gasteiger charge is 2.38. The number of rotatable bonds is 4. The molecule has 25 heavy (non-hydrogen) atoms. The Kier molecular flexibility index (Phi) is 4.37. The summed E-state index contributed by atoms with van der Waals surface area (Å²) in [6.07, 6.45) is -0.292. The highest BCUT2D eigenvalue weighted by atomic mass is 32.2. The summed E-state index contributed by atoms with van der Waals surface area (Å²) in [6.45, 7) is 2.24. The van der Waals surface area contributed by atoms with Gasteiger partial charge in [0.1, 0.15) is 11.9 Å². The molecule has 0 N–H and O–H groups in total. The fourth-order valence-electron chi connectivity index (χ4n) is 2.52. The van der Waals surface area contributed by atoms with Gasteiger partial charge in [0.25, 0.3) is 5.56 Å². The summed E-state index contributed by atoms with van der Waals surface area (Å²) in [5, 5.41) is 8.78. The molecule has 0 saturated carbocycles. The second-order valence-corrected chi connectivity index (χ2v) is 7.87. The number of ether oxygens (including phenoxy) is 1. The van der Waals surface area contributed by atoms with Gasteiger partial charge in [-0.25, -0.2) is 8.42 Å². The van der Waals surface area contributed by atoms with Gasteiger partial charge < -0.3 is 9.30 Å². The van der Waals surface area contributed by atoms with E-state index in [1.54, 1.807) is 20.0 Å². The van der Waals surface area contributed by atoms with E-state index in [4.69, 9.17) is 10.00 Å². The average Bonchev–Trinajstić information content (AvgIpc) is 2.55. The van der Waals surface area contributed by atoms with E-state index in [-0.39, 0.29) is 29.6 Å². The topological polar surface area (TPSA) is 92.4 Å². The molecule has 0 aliphatic carbocycles. The van der Waals surface area contributed by atoms with Gasteiger partial charge in [0.05, 0.1) is 29.6 Å².